The molecule has 5 N–H and O–H groups in total. The summed E-state index contributed by atoms with van der Waals surface area (Å²) in [4.78, 5) is 17.2. The average Bonchev–Trinajstić information content (AvgIpc) is 2.74. The minimum atomic E-state index is -1.44. The first kappa shape index (κ1) is 24.4. The Bertz CT molecular complexity index is 863. The van der Waals surface area contributed by atoms with Crippen LogP contribution in [0.25, 0.3) is 0 Å². The molecule has 1 aliphatic heterocycles. The number of hydrogen-bond donors (Lipinski definition) is 5. The van der Waals surface area contributed by atoms with Crippen molar-refractivity contribution in [1.29, 1.82) is 0 Å². The third-order valence-electron chi connectivity index (χ3n) is 3.65. The van der Waals surface area contributed by atoms with Crippen LogP contribution in [0.5, 0.6) is 0 Å². The van der Waals surface area contributed by atoms with Gasteiger partial charge in [0.05, 0.1) is 43.4 Å². The topological polar surface area (TPSA) is 120 Å². The predicted octanol–water partition coefficient (Wildman–Crippen LogP) is 1.38. The number of aliphatic hydroxyl groups is 3. The molecule has 1 heterocycles. The first-order chi connectivity index (χ1) is 14.4. The molecule has 1 aliphatic rings. The second-order valence-corrected chi connectivity index (χ2v) is 7.92. The molecule has 1 unspecified atom stereocenters. The number of amides is 1. The van der Waals surface area contributed by atoms with E-state index >= 15 is 0 Å². The van der Waals surface area contributed by atoms with Gasteiger partial charge in [0.25, 0.3) is 5.91 Å². The number of hydroxylamine groups is 1. The maximum Gasteiger partial charge on any atom is 0.277 e. The van der Waals surface area contributed by atoms with Crippen molar-refractivity contribution in [3.05, 3.63) is 50.5 Å². The maximum atomic E-state index is 14.8. The van der Waals surface area contributed by atoms with Gasteiger partial charge in [-0.05, 0) is 16.2 Å². The summed E-state index contributed by atoms with van der Waals surface area (Å²) in [6, 6.07) is 1.00. The maximum absolute atomic E-state index is 14.8. The van der Waals surface area contributed by atoms with Crippen LogP contribution in [0.15, 0.2) is 27.7 Å². The van der Waals surface area contributed by atoms with Crippen molar-refractivity contribution in [2.24, 2.45) is 0 Å². The molecule has 1 atom stereocenters. The summed E-state index contributed by atoms with van der Waals surface area (Å²) in [5.74, 6) is -4.41. The fourth-order valence-corrected chi connectivity index (χ4v) is 3.63. The Morgan fingerprint density at radius 1 is 1.23 bits per heavy atom. The van der Waals surface area contributed by atoms with Gasteiger partial charge in [-0.3, -0.25) is 9.63 Å². The fourth-order valence-electron chi connectivity index (χ4n) is 2.21. The summed E-state index contributed by atoms with van der Waals surface area (Å²) in [6.45, 7) is -1.96. The van der Waals surface area contributed by atoms with Crippen LogP contribution in [0, 0.1) is 11.6 Å². The smallest absolute Gasteiger partial charge is 0.277 e. The number of nitrogens with one attached hydrogen (secondary N) is 2. The van der Waals surface area contributed by atoms with E-state index in [1.807, 2.05) is 5.48 Å². The Hall–Kier alpha value is -1.84. The summed E-state index contributed by atoms with van der Waals surface area (Å²) < 4.78 is 51.3. The molecule has 1 aromatic carbocycles. The lowest BCUT2D eigenvalue weighted by molar-refractivity contribution is -0.0295. The zero-order chi connectivity index (χ0) is 22.1. The van der Waals surface area contributed by atoms with Crippen LogP contribution in [0.3, 0.4) is 0 Å². The first-order valence-corrected chi connectivity index (χ1v) is 11.1. The highest BCUT2D eigenvalue weighted by Gasteiger charge is 2.24. The van der Waals surface area contributed by atoms with Crippen molar-refractivity contribution >= 4 is 36.3 Å². The van der Waals surface area contributed by atoms with Gasteiger partial charge in [-0.25, -0.2) is 18.7 Å². The molecular weight excluding hydrogens is 524 g/mol. The zero-order valence-corrected chi connectivity index (χ0v) is 17.7. The summed E-state index contributed by atoms with van der Waals surface area (Å²) in [7, 11) is 0. The predicted molar refractivity (Wildman–Crippen MR) is 111 cm³/mol. The first-order valence-electron chi connectivity index (χ1n) is 8.58. The summed E-state index contributed by atoms with van der Waals surface area (Å²) in [5.41, 5.74) is 0.460. The van der Waals surface area contributed by atoms with E-state index in [-0.39, 0.29) is 24.5 Å². The number of benzene rings is 1. The highest BCUT2D eigenvalue weighted by Crippen LogP contribution is 2.29. The van der Waals surface area contributed by atoms with E-state index in [1.54, 1.807) is 4.08 Å². The molecule has 0 saturated heterocycles. The summed E-state index contributed by atoms with van der Waals surface area (Å²) in [6.07, 6.45) is 0.106. The van der Waals surface area contributed by atoms with Crippen LogP contribution in [-0.2, 0) is 16.2 Å². The van der Waals surface area contributed by atoms with Crippen molar-refractivity contribution in [1.82, 2.24) is 5.48 Å². The Kier molecular flexibility index (Phi) is 9.87. The molecule has 0 saturated carbocycles. The number of aliphatic hydroxyl groups excluding tert-OH is 3. The van der Waals surface area contributed by atoms with Crippen molar-refractivity contribution in [2.45, 2.75) is 12.7 Å². The van der Waals surface area contributed by atoms with Gasteiger partial charge in [0, 0.05) is 9.58 Å². The van der Waals surface area contributed by atoms with Crippen molar-refractivity contribution in [3.8, 4) is 0 Å². The molecule has 1 aromatic rings. The second kappa shape index (κ2) is 12.1. The van der Waals surface area contributed by atoms with Crippen LogP contribution >= 0.6 is 20.7 Å². The van der Waals surface area contributed by atoms with Gasteiger partial charge in [-0.1, -0.05) is 20.7 Å². The molecule has 2 rings (SSSR count). The molecule has 1 amide bonds. The van der Waals surface area contributed by atoms with E-state index in [2.05, 4.69) is 5.32 Å². The summed E-state index contributed by atoms with van der Waals surface area (Å²) in [5, 5.41) is 29.1. The molecule has 0 radical (unpaired) electrons. The molecular formula is C18H20F3IN2O6. The average molecular weight is 544 g/mol. The van der Waals surface area contributed by atoms with Crippen LogP contribution in [0.4, 0.5) is 18.9 Å². The number of carbonyl (C=O) groups is 1. The Balaban J connectivity index is 2.37. The van der Waals surface area contributed by atoms with E-state index in [4.69, 9.17) is 19.8 Å². The molecule has 166 valence electrons. The molecule has 0 aromatic heterocycles. The number of carbonyl (C=O) groups excluding carboxylic acids is 1. The lowest BCUT2D eigenvalue weighted by Crippen LogP contribution is -2.30. The van der Waals surface area contributed by atoms with Crippen molar-refractivity contribution in [2.75, 3.05) is 31.7 Å². The van der Waals surface area contributed by atoms with Crippen LogP contribution in [0.2, 0.25) is 0 Å². The lowest BCUT2D eigenvalue weighted by Gasteiger charge is -2.17. The number of anilines is 1. The van der Waals surface area contributed by atoms with Gasteiger partial charge < -0.3 is 25.4 Å². The number of halogens is 4. The normalized spacial score (nSPS) is 14.5. The molecule has 12 heteroatoms. The third kappa shape index (κ3) is 6.58. The molecule has 30 heavy (non-hydrogen) atoms. The monoisotopic (exact) mass is 544 g/mol. The molecule has 0 spiro atoms. The SMILES string of the molecule is O=C(NOCC(O)CO)c1cc(COCCO)c(F)c(F)c1NC1=C(F)C=IC=C1. The molecule has 0 aliphatic carbocycles. The van der Waals surface area contributed by atoms with Crippen LogP contribution in [-0.4, -0.2) is 57.8 Å². The molecule has 8 nitrogen and oxygen atoms in total. The van der Waals surface area contributed by atoms with Gasteiger partial charge in [-0.15, -0.1) is 0 Å². The van der Waals surface area contributed by atoms with Gasteiger partial charge in [-0.2, -0.15) is 0 Å². The largest absolute Gasteiger partial charge is 0.394 e. The van der Waals surface area contributed by atoms with Crippen molar-refractivity contribution < 1.29 is 42.9 Å². The number of rotatable bonds is 11. The van der Waals surface area contributed by atoms with E-state index in [1.165, 1.54) is 10.1 Å². The van der Waals surface area contributed by atoms with Crippen LogP contribution < -0.4 is 10.8 Å². The number of allylic oxidation sites excluding steroid dienone is 2. The van der Waals surface area contributed by atoms with Gasteiger partial charge in [0.2, 0.25) is 0 Å². The lowest BCUT2D eigenvalue weighted by atomic mass is 10.1. The minimum absolute atomic E-state index is 0.132. The quantitative estimate of drug-likeness (QED) is 0.162. The standard InChI is InChI=1S/C18H20F3IN2O6/c19-13-6-22-2-1-14(13)23-17-12(18(28)24-30-9-11(27)7-26)5-10(8-29-4-3-25)15(20)16(17)21/h1-2,5-6,11,23,25-27H,3-4,7-9H2,(H,24,28). The Morgan fingerprint density at radius 3 is 2.67 bits per heavy atom. The Labute approximate surface area is 179 Å². The highest BCUT2D eigenvalue weighted by molar-refractivity contribution is 14.2. The zero-order valence-electron chi connectivity index (χ0n) is 15.5. The second-order valence-electron chi connectivity index (χ2n) is 5.86. The third-order valence-corrected chi connectivity index (χ3v) is 5.33. The van der Waals surface area contributed by atoms with E-state index in [0.717, 1.165) is 6.07 Å². The van der Waals surface area contributed by atoms with Crippen LogP contribution in [0.1, 0.15) is 15.9 Å². The van der Waals surface area contributed by atoms with Crippen molar-refractivity contribution in [3.63, 3.8) is 0 Å². The van der Waals surface area contributed by atoms with Gasteiger partial charge >= 0.3 is 0 Å². The van der Waals surface area contributed by atoms with Gasteiger partial charge in [0.15, 0.2) is 17.5 Å². The molecule has 0 bridgehead atoms. The highest BCUT2D eigenvalue weighted by atomic mass is 127. The number of ether oxygens (including phenoxy) is 1. The minimum Gasteiger partial charge on any atom is -0.394 e. The Morgan fingerprint density at radius 2 is 2.00 bits per heavy atom. The fraction of sp³-hybridized carbons (Fsp3) is 0.333. The van der Waals surface area contributed by atoms with E-state index in [9.17, 15) is 23.1 Å². The van der Waals surface area contributed by atoms with E-state index in [0.29, 0.717) is 0 Å². The van der Waals surface area contributed by atoms with Gasteiger partial charge in [0.1, 0.15) is 12.7 Å². The molecule has 0 fully saturated rings. The number of hydrogen-bond acceptors (Lipinski definition) is 7. The summed E-state index contributed by atoms with van der Waals surface area (Å²) >= 11 is -0.621. The van der Waals surface area contributed by atoms with E-state index < -0.39 is 81.3 Å².